The lowest BCUT2D eigenvalue weighted by atomic mass is 9.99. The molecule has 2 atom stereocenters. The Morgan fingerprint density at radius 2 is 1.63 bits per heavy atom. The van der Waals surface area contributed by atoms with Crippen molar-refractivity contribution in [3.63, 3.8) is 0 Å². The number of amides is 1. The Bertz CT molecular complexity index is 1130. The number of halogens is 1. The second-order valence-corrected chi connectivity index (χ2v) is 8.68. The van der Waals surface area contributed by atoms with Gasteiger partial charge in [0.05, 0.1) is 39.0 Å². The topological polar surface area (TPSA) is 107 Å². The maximum absolute atomic E-state index is 12.8. The molecule has 2 aromatic carbocycles. The molecule has 3 rings (SSSR count). The number of benzene rings is 2. The van der Waals surface area contributed by atoms with Crippen molar-refractivity contribution in [3.8, 4) is 44.6 Å². The molecular weight excluding hydrogens is 490 g/mol. The van der Waals surface area contributed by atoms with Crippen molar-refractivity contribution in [2.45, 2.75) is 26.3 Å². The van der Waals surface area contributed by atoms with Crippen LogP contribution < -0.4 is 42.4 Å². The lowest BCUT2D eigenvalue weighted by molar-refractivity contribution is -0.414. The molecule has 0 saturated heterocycles. The van der Waals surface area contributed by atoms with E-state index in [-0.39, 0.29) is 30.3 Å². The largest absolute Gasteiger partial charge is 1.00 e. The summed E-state index contributed by atoms with van der Waals surface area (Å²) in [5.74, 6) is 2.25. The molecule has 35 heavy (non-hydrogen) atoms. The van der Waals surface area contributed by atoms with Crippen LogP contribution in [0.1, 0.15) is 20.3 Å². The summed E-state index contributed by atoms with van der Waals surface area (Å²) in [5, 5.41) is 2.99. The maximum atomic E-state index is 12.8. The summed E-state index contributed by atoms with van der Waals surface area (Å²) in [6, 6.07) is 9.09. The molecule has 1 aromatic heterocycles. The smallest absolute Gasteiger partial charge is 0.282 e. The first-order chi connectivity index (χ1) is 16.4. The maximum Gasteiger partial charge on any atom is 0.282 e. The number of nitrogens with one attached hydrogen (secondary N) is 1. The zero-order chi connectivity index (χ0) is 24.8. The number of nitrogens with zero attached hydrogens (tertiary/aromatic N) is 1. The van der Waals surface area contributed by atoms with Crippen molar-refractivity contribution < 1.29 is 41.9 Å². The van der Waals surface area contributed by atoms with Gasteiger partial charge in [0, 0.05) is 23.2 Å². The Labute approximate surface area is 216 Å². The quantitative estimate of drug-likeness (QED) is 0.414. The molecule has 8 nitrogen and oxygen atoms in total. The predicted molar refractivity (Wildman–Crippen MR) is 134 cm³/mol. The molecule has 3 aromatic rings. The van der Waals surface area contributed by atoms with Crippen LogP contribution in [0.15, 0.2) is 36.5 Å². The number of hydrogen-bond donors (Lipinski definition) is 2. The molecule has 0 aliphatic heterocycles. The van der Waals surface area contributed by atoms with Crippen LogP contribution in [-0.4, -0.2) is 44.8 Å². The molecule has 0 bridgehead atoms. The van der Waals surface area contributed by atoms with Crippen molar-refractivity contribution >= 4 is 23.1 Å². The first-order valence-corrected chi connectivity index (χ1v) is 11.7. The lowest BCUT2D eigenvalue weighted by Gasteiger charge is -2.17. The zero-order valence-corrected chi connectivity index (χ0v) is 22.4. The van der Waals surface area contributed by atoms with E-state index in [1.165, 1.54) is 11.5 Å². The fourth-order valence-corrected chi connectivity index (χ4v) is 4.36. The van der Waals surface area contributed by atoms with Crippen LogP contribution in [0, 0.1) is 5.92 Å². The third kappa shape index (κ3) is 5.98. The minimum atomic E-state index is -0.365. The van der Waals surface area contributed by atoms with Crippen molar-refractivity contribution in [1.82, 2.24) is 4.37 Å². The Hall–Kier alpha value is -3.01. The highest BCUT2D eigenvalue weighted by molar-refractivity contribution is 7.10. The van der Waals surface area contributed by atoms with Crippen molar-refractivity contribution in [3.05, 3.63) is 36.5 Å². The highest BCUT2D eigenvalue weighted by Gasteiger charge is 2.25. The number of carbonyl (C=O) groups excluding carboxylic acids is 1. The highest BCUT2D eigenvalue weighted by atomic mass is 35.5. The van der Waals surface area contributed by atoms with Crippen LogP contribution in [0.25, 0.3) is 21.6 Å². The van der Waals surface area contributed by atoms with Gasteiger partial charge in [-0.1, -0.05) is 19.9 Å². The van der Waals surface area contributed by atoms with Gasteiger partial charge in [0.15, 0.2) is 17.5 Å². The van der Waals surface area contributed by atoms with E-state index in [0.29, 0.717) is 28.7 Å². The van der Waals surface area contributed by atoms with E-state index < -0.39 is 0 Å². The minimum absolute atomic E-state index is 0. The molecule has 0 spiro atoms. The Balaban J connectivity index is 0.00000432. The van der Waals surface area contributed by atoms with Crippen LogP contribution in [0.3, 0.4) is 0 Å². The van der Waals surface area contributed by atoms with Crippen LogP contribution in [0.5, 0.6) is 23.0 Å². The molecule has 4 N–H and O–H groups in total. The van der Waals surface area contributed by atoms with Gasteiger partial charge in [0.2, 0.25) is 5.75 Å². The number of hydrogen-bond acceptors (Lipinski definition) is 7. The summed E-state index contributed by atoms with van der Waals surface area (Å²) < 4.78 is 26.4. The molecule has 1 unspecified atom stereocenters. The predicted octanol–water partition coefficient (Wildman–Crippen LogP) is 1.11. The Morgan fingerprint density at radius 1 is 1.00 bits per heavy atom. The average Bonchev–Trinajstić information content (AvgIpc) is 3.36. The number of quaternary nitrogens is 1. The van der Waals surface area contributed by atoms with E-state index in [2.05, 4.69) is 15.4 Å². The van der Waals surface area contributed by atoms with E-state index >= 15 is 0 Å². The molecular formula is C25H32ClN3O5S. The van der Waals surface area contributed by atoms with Gasteiger partial charge < -0.3 is 42.4 Å². The molecule has 0 saturated carbocycles. The van der Waals surface area contributed by atoms with Crippen molar-refractivity contribution in [2.24, 2.45) is 5.92 Å². The van der Waals surface area contributed by atoms with Crippen molar-refractivity contribution in [2.75, 3.05) is 33.8 Å². The van der Waals surface area contributed by atoms with Gasteiger partial charge in [-0.05, 0) is 47.8 Å². The lowest BCUT2D eigenvalue weighted by Crippen LogP contribution is -3.00. The van der Waals surface area contributed by atoms with Gasteiger partial charge in [0.25, 0.3) is 5.91 Å². The standard InChI is InChI=1S/C25H31N3O5S.ClH/c1-7-14(2)22(26)25(29)28-18-10-15(8-9-19(18)30-3)17-13-27-34-24(17)16-11-20(31-4)23(33-6)21(12-16)32-5;/h8-14,22H,7,26H2,1-6H3,(H,28,29);1H/t14?,22-;/m1./s1. The van der Waals surface area contributed by atoms with E-state index in [0.717, 1.165) is 28.0 Å². The van der Waals surface area contributed by atoms with E-state index in [1.54, 1.807) is 34.6 Å². The molecule has 0 fully saturated rings. The molecule has 190 valence electrons. The second-order valence-electron chi connectivity index (χ2n) is 7.88. The third-order valence-corrected chi connectivity index (χ3v) is 6.78. The van der Waals surface area contributed by atoms with Gasteiger partial charge in [-0.15, -0.1) is 0 Å². The number of methoxy groups -OCH3 is 4. The first-order valence-electron chi connectivity index (χ1n) is 11.0. The fourth-order valence-electron chi connectivity index (χ4n) is 3.61. The van der Waals surface area contributed by atoms with Gasteiger partial charge in [-0.3, -0.25) is 4.79 Å². The third-order valence-electron chi connectivity index (χ3n) is 5.93. The number of anilines is 1. The van der Waals surface area contributed by atoms with E-state index in [1.807, 2.05) is 44.2 Å². The van der Waals surface area contributed by atoms with E-state index in [4.69, 9.17) is 18.9 Å². The SMILES string of the molecule is CCC(C)[C@@H]([NH3+])C(=O)Nc1cc(-c2cnsc2-c2cc(OC)c(OC)c(OC)c2)ccc1OC.[Cl-]. The van der Waals surface area contributed by atoms with Gasteiger partial charge in [-0.25, -0.2) is 0 Å². The van der Waals surface area contributed by atoms with Crippen LogP contribution in [0.2, 0.25) is 0 Å². The summed E-state index contributed by atoms with van der Waals surface area (Å²) in [7, 11) is 6.32. The second kappa shape index (κ2) is 12.6. The molecule has 0 radical (unpaired) electrons. The average molecular weight is 522 g/mol. The van der Waals surface area contributed by atoms with Crippen LogP contribution in [0.4, 0.5) is 5.69 Å². The van der Waals surface area contributed by atoms with Gasteiger partial charge in [0.1, 0.15) is 5.75 Å². The molecule has 1 amide bonds. The zero-order valence-electron chi connectivity index (χ0n) is 20.8. The Kier molecular flexibility index (Phi) is 10.2. The Morgan fingerprint density at radius 3 is 2.17 bits per heavy atom. The normalized spacial score (nSPS) is 12.2. The number of rotatable bonds is 10. The van der Waals surface area contributed by atoms with Gasteiger partial charge in [-0.2, -0.15) is 4.37 Å². The molecule has 0 aliphatic carbocycles. The summed E-state index contributed by atoms with van der Waals surface area (Å²) in [5.41, 5.74) is 7.30. The number of carbonyl (C=O) groups is 1. The summed E-state index contributed by atoms with van der Waals surface area (Å²) >= 11 is 1.36. The van der Waals surface area contributed by atoms with Gasteiger partial charge >= 0.3 is 0 Å². The summed E-state index contributed by atoms with van der Waals surface area (Å²) in [4.78, 5) is 13.7. The van der Waals surface area contributed by atoms with E-state index in [9.17, 15) is 4.79 Å². The minimum Gasteiger partial charge on any atom is -1.00 e. The molecule has 10 heteroatoms. The fraction of sp³-hybridized carbons (Fsp3) is 0.360. The van der Waals surface area contributed by atoms with Crippen molar-refractivity contribution in [1.29, 1.82) is 0 Å². The number of ether oxygens (including phenoxy) is 4. The summed E-state index contributed by atoms with van der Waals surface area (Å²) in [6.07, 6.45) is 2.68. The monoisotopic (exact) mass is 521 g/mol. The molecule has 0 aliphatic rings. The first kappa shape index (κ1) is 28.2. The highest BCUT2D eigenvalue weighted by Crippen LogP contribution is 2.45. The number of aromatic nitrogens is 1. The summed E-state index contributed by atoms with van der Waals surface area (Å²) in [6.45, 7) is 4.07. The van der Waals surface area contributed by atoms with Crippen LogP contribution in [-0.2, 0) is 4.79 Å². The molecule has 1 heterocycles. The van der Waals surface area contributed by atoms with Crippen LogP contribution >= 0.6 is 11.5 Å².